The van der Waals surface area contributed by atoms with Crippen LogP contribution in [0.25, 0.3) is 0 Å². The molecular weight excluding hydrogens is 757 g/mol. The molecule has 9 nitrogen and oxygen atoms in total. The Kier molecular flexibility index (Phi) is 10.3. The molecule has 18 bridgehead atoms. The Labute approximate surface area is 350 Å². The summed E-state index contributed by atoms with van der Waals surface area (Å²) in [4.78, 5) is 0. The largest absolute Gasteiger partial charge is 0.493 e. The van der Waals surface area contributed by atoms with E-state index in [-0.39, 0.29) is 0 Å². The first-order valence-electron chi connectivity index (χ1n) is 20.7. The molecule has 13 aliphatic rings. The number of hydrogen-bond donors (Lipinski definition) is 0. The standard InChI is InChI=1S/C51H48O9/c1-52-46-25-37-19-41-29-50-48(54-3)27-39(41)21-42-30-51-47(53-2)26-38(42)20-40(37)28-49(46)58-13-10-55-43-7-4-31-17-35-23-44(56-11-14-59-50)9-6-33(35)18-36-24-45(57-12-15-60-51)8-5-32(36)16-34(31)22-43/h4-9,22-30H,10-21H2,1-3H3. The lowest BCUT2D eigenvalue weighted by atomic mass is 9.94. The van der Waals surface area contributed by atoms with Crippen LogP contribution in [0.3, 0.4) is 0 Å². The molecule has 0 radical (unpaired) electrons. The summed E-state index contributed by atoms with van der Waals surface area (Å²) in [5.74, 6) is 6.41. The molecule has 0 spiro atoms. The molecule has 0 fully saturated rings. The van der Waals surface area contributed by atoms with Gasteiger partial charge >= 0.3 is 0 Å². The van der Waals surface area contributed by atoms with Crippen molar-refractivity contribution in [2.24, 2.45) is 0 Å². The topological polar surface area (TPSA) is 83.1 Å². The lowest BCUT2D eigenvalue weighted by Crippen LogP contribution is -2.11. The third-order valence-corrected chi connectivity index (χ3v) is 12.1. The van der Waals surface area contributed by atoms with Gasteiger partial charge in [-0.25, -0.2) is 0 Å². The molecule has 0 atom stereocenters. The number of rotatable bonds is 3. The van der Waals surface area contributed by atoms with E-state index in [4.69, 9.17) is 42.6 Å². The van der Waals surface area contributed by atoms with Gasteiger partial charge in [0.1, 0.15) is 56.9 Å². The molecule has 0 unspecified atom stereocenters. The van der Waals surface area contributed by atoms with Crippen LogP contribution in [0.5, 0.6) is 51.7 Å². The number of fused-ring (bicyclic) bond motifs is 1. The highest BCUT2D eigenvalue weighted by atomic mass is 16.6. The summed E-state index contributed by atoms with van der Waals surface area (Å²) in [5.41, 5.74) is 14.1. The van der Waals surface area contributed by atoms with Gasteiger partial charge in [0.05, 0.1) is 21.3 Å². The molecule has 0 saturated carbocycles. The van der Waals surface area contributed by atoms with Crippen LogP contribution in [-0.4, -0.2) is 61.0 Å². The average molecular weight is 805 g/mol. The van der Waals surface area contributed by atoms with Crippen LogP contribution in [0.4, 0.5) is 0 Å². The Bertz CT molecular complexity index is 2310. The van der Waals surface area contributed by atoms with Crippen molar-refractivity contribution in [1.82, 2.24) is 0 Å². The summed E-state index contributed by atoms with van der Waals surface area (Å²) >= 11 is 0. The zero-order valence-electron chi connectivity index (χ0n) is 34.3. The van der Waals surface area contributed by atoms with E-state index in [0.29, 0.717) is 93.4 Å². The van der Waals surface area contributed by atoms with Crippen molar-refractivity contribution in [3.8, 4) is 51.7 Å². The Morgan fingerprint density at radius 1 is 0.283 bits per heavy atom. The second-order valence-electron chi connectivity index (χ2n) is 15.8. The maximum atomic E-state index is 6.49. The summed E-state index contributed by atoms with van der Waals surface area (Å²) in [6.45, 7) is 2.09. The van der Waals surface area contributed by atoms with Gasteiger partial charge in [0.25, 0.3) is 0 Å². The molecule has 11 aliphatic heterocycles. The van der Waals surface area contributed by atoms with E-state index < -0.39 is 0 Å². The zero-order chi connectivity index (χ0) is 40.6. The lowest BCUT2D eigenvalue weighted by Gasteiger charge is -2.19. The molecule has 6 aromatic carbocycles. The highest BCUT2D eigenvalue weighted by molar-refractivity contribution is 5.58. The SMILES string of the molecule is COc1cc2c3cc1OCCOc1ccc4c(c1)Cc1ccc5cc1Cc1ccc(cc1C4)OCCOc1cc(c(cc1OC)Cc1cc(c(OC)cc1C3)OCCO5)C2. The molecule has 0 aromatic heterocycles. The predicted molar refractivity (Wildman–Crippen MR) is 228 cm³/mol. The molecule has 0 amide bonds. The molecule has 306 valence electrons. The van der Waals surface area contributed by atoms with Crippen molar-refractivity contribution in [3.05, 3.63) is 158 Å². The monoisotopic (exact) mass is 804 g/mol. The van der Waals surface area contributed by atoms with Gasteiger partial charge in [-0.1, -0.05) is 18.2 Å². The predicted octanol–water partition coefficient (Wildman–Crippen LogP) is 8.88. The summed E-state index contributed by atoms with van der Waals surface area (Å²) in [6, 6.07) is 32.0. The lowest BCUT2D eigenvalue weighted by molar-refractivity contribution is 0.211. The van der Waals surface area contributed by atoms with E-state index in [1.165, 1.54) is 33.4 Å². The maximum absolute atomic E-state index is 6.49. The fraction of sp³-hybridized carbons (Fsp3) is 0.294. The first kappa shape index (κ1) is 37.8. The Hall–Kier alpha value is -6.48. The molecule has 0 saturated heterocycles. The van der Waals surface area contributed by atoms with Crippen molar-refractivity contribution < 1.29 is 42.6 Å². The van der Waals surface area contributed by atoms with Gasteiger partial charge < -0.3 is 42.6 Å². The maximum Gasteiger partial charge on any atom is 0.161 e. The highest BCUT2D eigenvalue weighted by Gasteiger charge is 2.24. The van der Waals surface area contributed by atoms with Gasteiger partial charge in [0.15, 0.2) is 34.5 Å². The van der Waals surface area contributed by atoms with Crippen LogP contribution in [0.1, 0.15) is 66.8 Å². The highest BCUT2D eigenvalue weighted by Crippen LogP contribution is 2.41. The van der Waals surface area contributed by atoms with Crippen LogP contribution in [-0.2, 0) is 38.5 Å². The van der Waals surface area contributed by atoms with Gasteiger partial charge in [-0.15, -0.1) is 0 Å². The van der Waals surface area contributed by atoms with Gasteiger partial charge in [-0.3, -0.25) is 0 Å². The minimum Gasteiger partial charge on any atom is -0.493 e. The first-order chi connectivity index (χ1) is 29.5. The fourth-order valence-electron chi connectivity index (χ4n) is 8.99. The van der Waals surface area contributed by atoms with Crippen molar-refractivity contribution in [1.29, 1.82) is 0 Å². The molecular formula is C51H48O9. The van der Waals surface area contributed by atoms with E-state index in [0.717, 1.165) is 69.9 Å². The normalized spacial score (nSPS) is 15.2. The minimum atomic E-state index is 0.336. The van der Waals surface area contributed by atoms with E-state index in [1.54, 1.807) is 21.3 Å². The summed E-state index contributed by atoms with van der Waals surface area (Å²) in [7, 11) is 5.06. The number of hydrogen-bond acceptors (Lipinski definition) is 9. The number of ether oxygens (including phenoxy) is 9. The van der Waals surface area contributed by atoms with E-state index >= 15 is 0 Å². The van der Waals surface area contributed by atoms with Crippen molar-refractivity contribution in [3.63, 3.8) is 0 Å². The van der Waals surface area contributed by atoms with E-state index in [1.807, 2.05) is 0 Å². The second kappa shape index (κ2) is 16.3. The first-order valence-corrected chi connectivity index (χ1v) is 20.7. The Morgan fingerprint density at radius 3 is 0.833 bits per heavy atom. The number of methoxy groups -OCH3 is 3. The summed E-state index contributed by atoms with van der Waals surface area (Å²) < 4.78 is 56.6. The molecule has 19 rings (SSSR count). The molecule has 2 aliphatic carbocycles. The molecule has 9 heteroatoms. The average Bonchev–Trinajstić information content (AvgIpc) is 3.36. The molecule has 60 heavy (non-hydrogen) atoms. The van der Waals surface area contributed by atoms with Crippen molar-refractivity contribution in [2.75, 3.05) is 61.0 Å². The summed E-state index contributed by atoms with van der Waals surface area (Å²) in [6.07, 6.45) is 4.20. The van der Waals surface area contributed by atoms with Crippen LogP contribution < -0.4 is 42.6 Å². The van der Waals surface area contributed by atoms with Gasteiger partial charge in [0, 0.05) is 0 Å². The third-order valence-electron chi connectivity index (χ3n) is 12.1. The van der Waals surface area contributed by atoms with Crippen LogP contribution in [0.2, 0.25) is 0 Å². The fourth-order valence-corrected chi connectivity index (χ4v) is 8.99. The minimum absolute atomic E-state index is 0.336. The molecule has 11 heterocycles. The van der Waals surface area contributed by atoms with Gasteiger partial charge in [-0.2, -0.15) is 0 Å². The second-order valence-corrected chi connectivity index (χ2v) is 15.8. The van der Waals surface area contributed by atoms with Crippen LogP contribution >= 0.6 is 0 Å². The molecule has 0 N–H and O–H groups in total. The smallest absolute Gasteiger partial charge is 0.161 e. The zero-order valence-corrected chi connectivity index (χ0v) is 34.3. The van der Waals surface area contributed by atoms with Crippen molar-refractivity contribution >= 4 is 0 Å². The van der Waals surface area contributed by atoms with Gasteiger partial charge in [-0.05, 0) is 178 Å². The van der Waals surface area contributed by atoms with Crippen LogP contribution in [0.15, 0.2) is 91.0 Å². The van der Waals surface area contributed by atoms with Crippen molar-refractivity contribution in [2.45, 2.75) is 38.5 Å². The molecule has 6 aromatic rings. The van der Waals surface area contributed by atoms with Crippen LogP contribution in [0, 0.1) is 0 Å². The number of benzene rings is 6. The quantitative estimate of drug-likeness (QED) is 0.174. The Morgan fingerprint density at radius 2 is 0.533 bits per heavy atom. The van der Waals surface area contributed by atoms with E-state index in [9.17, 15) is 0 Å². The van der Waals surface area contributed by atoms with Gasteiger partial charge in [0.2, 0.25) is 0 Å². The Balaban J connectivity index is 1.16. The third kappa shape index (κ3) is 7.60. The van der Waals surface area contributed by atoms with E-state index in [2.05, 4.69) is 91.0 Å². The summed E-state index contributed by atoms with van der Waals surface area (Å²) in [5, 5.41) is 0.